The summed E-state index contributed by atoms with van der Waals surface area (Å²) < 4.78 is 50.8. The van der Waals surface area contributed by atoms with Gasteiger partial charge in [0.05, 0.1) is 4.90 Å². The van der Waals surface area contributed by atoms with Crippen LogP contribution in [0.15, 0.2) is 71.0 Å². The number of amides is 1. The molecule has 0 aliphatic carbocycles. The van der Waals surface area contributed by atoms with Crippen LogP contribution in [0.2, 0.25) is 0 Å². The fourth-order valence-corrected chi connectivity index (χ4v) is 3.46. The van der Waals surface area contributed by atoms with Crippen LogP contribution in [0.5, 0.6) is 0 Å². The summed E-state index contributed by atoms with van der Waals surface area (Å²) in [6.07, 6.45) is 1.42. The second kappa shape index (κ2) is 8.93. The third kappa shape index (κ3) is 5.65. The zero-order valence-corrected chi connectivity index (χ0v) is 15.1. The molecule has 2 N–H and O–H groups in total. The van der Waals surface area contributed by atoms with Gasteiger partial charge in [0.1, 0.15) is 0 Å². The van der Waals surface area contributed by atoms with Gasteiger partial charge < -0.3 is 5.32 Å². The number of hydrogen-bond donors (Lipinski definition) is 2. The molecule has 0 fully saturated rings. The van der Waals surface area contributed by atoms with E-state index in [1.807, 2.05) is 0 Å². The molecule has 0 unspecified atom stereocenters. The van der Waals surface area contributed by atoms with Crippen molar-refractivity contribution >= 4 is 33.4 Å². The van der Waals surface area contributed by atoms with Crippen LogP contribution in [0.4, 0.5) is 14.5 Å². The second-order valence-corrected chi connectivity index (χ2v) is 7.85. The van der Waals surface area contributed by atoms with Gasteiger partial charge in [-0.05, 0) is 48.5 Å². The highest BCUT2D eigenvalue weighted by Crippen LogP contribution is 2.26. The molecule has 0 radical (unpaired) electrons. The number of thioether (sulfide) groups is 1. The molecule has 0 atom stereocenters. The number of halogens is 2. The van der Waals surface area contributed by atoms with Crippen molar-refractivity contribution in [3.63, 3.8) is 0 Å². The number of carbonyl (C=O) groups is 1. The minimum absolute atomic E-state index is 0.0317. The molecule has 0 bridgehead atoms. The van der Waals surface area contributed by atoms with E-state index in [1.54, 1.807) is 0 Å². The Hall–Kier alpha value is -2.23. The van der Waals surface area contributed by atoms with Crippen LogP contribution >= 0.6 is 11.8 Å². The quantitative estimate of drug-likeness (QED) is 0.525. The lowest BCUT2D eigenvalue weighted by Crippen LogP contribution is -2.23. The molecular formula is C17H16F2N2O3S2. The van der Waals surface area contributed by atoms with Gasteiger partial charge in [-0.3, -0.25) is 4.79 Å². The maximum absolute atomic E-state index is 12.3. The molecule has 2 aromatic carbocycles. The number of sulfonamides is 1. The van der Waals surface area contributed by atoms with Crippen molar-refractivity contribution in [3.8, 4) is 0 Å². The Kier molecular flexibility index (Phi) is 6.90. The highest BCUT2D eigenvalue weighted by Gasteiger charge is 2.14. The van der Waals surface area contributed by atoms with Crippen LogP contribution in [0.3, 0.4) is 0 Å². The van der Waals surface area contributed by atoms with Gasteiger partial charge in [-0.2, -0.15) is 8.78 Å². The SMILES string of the molecule is C=CCNS(=O)(=O)c1ccc(C(=O)Nc2ccc(SC(F)F)cc2)cc1. The van der Waals surface area contributed by atoms with Crippen molar-refractivity contribution in [3.05, 3.63) is 66.7 Å². The lowest BCUT2D eigenvalue weighted by Gasteiger charge is -2.08. The summed E-state index contributed by atoms with van der Waals surface area (Å²) >= 11 is 0.417. The molecule has 138 valence electrons. The first-order chi connectivity index (χ1) is 12.3. The average Bonchev–Trinajstić information content (AvgIpc) is 2.61. The molecule has 2 aromatic rings. The van der Waals surface area contributed by atoms with E-state index in [0.717, 1.165) is 0 Å². The van der Waals surface area contributed by atoms with Crippen LogP contribution in [-0.2, 0) is 10.0 Å². The van der Waals surface area contributed by atoms with Gasteiger partial charge in [-0.1, -0.05) is 17.8 Å². The van der Waals surface area contributed by atoms with E-state index < -0.39 is 21.7 Å². The van der Waals surface area contributed by atoms with Gasteiger partial charge in [0.2, 0.25) is 10.0 Å². The van der Waals surface area contributed by atoms with Crippen LogP contribution in [0.25, 0.3) is 0 Å². The molecular weight excluding hydrogens is 382 g/mol. The van der Waals surface area contributed by atoms with E-state index in [9.17, 15) is 22.0 Å². The summed E-state index contributed by atoms with van der Waals surface area (Å²) in [5.41, 5.74) is 0.705. The van der Waals surface area contributed by atoms with E-state index in [0.29, 0.717) is 22.3 Å². The second-order valence-electron chi connectivity index (χ2n) is 5.02. The van der Waals surface area contributed by atoms with Crippen molar-refractivity contribution in [1.82, 2.24) is 4.72 Å². The summed E-state index contributed by atoms with van der Waals surface area (Å²) in [6.45, 7) is 3.54. The smallest absolute Gasteiger partial charge is 0.288 e. The van der Waals surface area contributed by atoms with Gasteiger partial charge in [-0.25, -0.2) is 13.1 Å². The number of rotatable bonds is 8. The number of alkyl halides is 2. The predicted molar refractivity (Wildman–Crippen MR) is 98.1 cm³/mol. The summed E-state index contributed by atoms with van der Waals surface area (Å²) in [6, 6.07) is 11.4. The normalized spacial score (nSPS) is 11.3. The Morgan fingerprint density at radius 1 is 1.12 bits per heavy atom. The third-order valence-electron chi connectivity index (χ3n) is 3.18. The summed E-state index contributed by atoms with van der Waals surface area (Å²) in [7, 11) is -3.66. The summed E-state index contributed by atoms with van der Waals surface area (Å²) in [5, 5.41) is 2.62. The Labute approximate surface area is 154 Å². The standard InChI is InChI=1S/C17H16F2N2O3S2/c1-2-11-20-26(23,24)15-9-3-12(4-10-15)16(22)21-13-5-7-14(8-6-13)25-17(18)19/h2-10,17,20H,1,11H2,(H,21,22). The Balaban J connectivity index is 2.05. The maximum Gasteiger partial charge on any atom is 0.288 e. The fraction of sp³-hybridized carbons (Fsp3) is 0.118. The summed E-state index contributed by atoms with van der Waals surface area (Å²) in [4.78, 5) is 12.6. The molecule has 0 heterocycles. The van der Waals surface area contributed by atoms with Gasteiger partial charge in [0.15, 0.2) is 0 Å². The lowest BCUT2D eigenvalue weighted by atomic mass is 10.2. The van der Waals surface area contributed by atoms with Crippen molar-refractivity contribution in [2.24, 2.45) is 0 Å². The molecule has 0 aromatic heterocycles. The van der Waals surface area contributed by atoms with Crippen molar-refractivity contribution < 1.29 is 22.0 Å². The van der Waals surface area contributed by atoms with Crippen molar-refractivity contribution in [2.45, 2.75) is 15.5 Å². The number of anilines is 1. The molecule has 2 rings (SSSR count). The van der Waals surface area contributed by atoms with Crippen LogP contribution in [0, 0.1) is 0 Å². The minimum atomic E-state index is -3.66. The first kappa shape index (κ1) is 20.1. The van der Waals surface area contributed by atoms with E-state index >= 15 is 0 Å². The average molecular weight is 398 g/mol. The molecule has 0 aliphatic heterocycles. The minimum Gasteiger partial charge on any atom is -0.322 e. The maximum atomic E-state index is 12.3. The zero-order valence-electron chi connectivity index (χ0n) is 13.5. The molecule has 0 saturated carbocycles. The molecule has 0 spiro atoms. The molecule has 0 saturated heterocycles. The van der Waals surface area contributed by atoms with Gasteiger partial charge in [0, 0.05) is 22.7 Å². The molecule has 5 nitrogen and oxygen atoms in total. The first-order valence-electron chi connectivity index (χ1n) is 7.38. The fourth-order valence-electron chi connectivity index (χ4n) is 1.96. The van der Waals surface area contributed by atoms with E-state index in [1.165, 1.54) is 54.6 Å². The van der Waals surface area contributed by atoms with Gasteiger partial charge in [-0.15, -0.1) is 6.58 Å². The zero-order chi connectivity index (χ0) is 19.2. The Morgan fingerprint density at radius 3 is 2.27 bits per heavy atom. The van der Waals surface area contributed by atoms with E-state index in [2.05, 4.69) is 16.6 Å². The molecule has 0 aliphatic rings. The first-order valence-corrected chi connectivity index (χ1v) is 9.75. The Morgan fingerprint density at radius 2 is 1.73 bits per heavy atom. The predicted octanol–water partition coefficient (Wildman–Crippen LogP) is 3.72. The molecule has 26 heavy (non-hydrogen) atoms. The van der Waals surface area contributed by atoms with Crippen LogP contribution < -0.4 is 10.0 Å². The molecule has 9 heteroatoms. The van der Waals surface area contributed by atoms with Gasteiger partial charge in [0.25, 0.3) is 11.7 Å². The highest BCUT2D eigenvalue weighted by molar-refractivity contribution is 7.99. The monoisotopic (exact) mass is 398 g/mol. The summed E-state index contributed by atoms with van der Waals surface area (Å²) in [5.74, 6) is -2.95. The van der Waals surface area contributed by atoms with Crippen molar-refractivity contribution in [1.29, 1.82) is 0 Å². The van der Waals surface area contributed by atoms with E-state index in [-0.39, 0.29) is 17.0 Å². The molecule has 1 amide bonds. The third-order valence-corrected chi connectivity index (χ3v) is 5.34. The van der Waals surface area contributed by atoms with Crippen LogP contribution in [-0.4, -0.2) is 26.6 Å². The highest BCUT2D eigenvalue weighted by atomic mass is 32.2. The Bertz CT molecular complexity index is 868. The van der Waals surface area contributed by atoms with Gasteiger partial charge >= 0.3 is 0 Å². The van der Waals surface area contributed by atoms with E-state index in [4.69, 9.17) is 0 Å². The topological polar surface area (TPSA) is 75.3 Å². The number of hydrogen-bond acceptors (Lipinski definition) is 4. The number of carbonyl (C=O) groups excluding carboxylic acids is 1. The van der Waals surface area contributed by atoms with Crippen molar-refractivity contribution in [2.75, 3.05) is 11.9 Å². The van der Waals surface area contributed by atoms with Crippen LogP contribution in [0.1, 0.15) is 10.4 Å². The lowest BCUT2D eigenvalue weighted by molar-refractivity contribution is 0.102. The number of benzene rings is 2. The number of nitrogens with one attached hydrogen (secondary N) is 2. The largest absolute Gasteiger partial charge is 0.322 e.